The van der Waals surface area contributed by atoms with Gasteiger partial charge in [-0.25, -0.2) is 0 Å². The molecule has 1 heterocycles. The molecule has 1 saturated carbocycles. The van der Waals surface area contributed by atoms with Crippen molar-refractivity contribution in [2.75, 3.05) is 5.32 Å². The molecule has 0 aliphatic heterocycles. The normalized spacial score (nSPS) is 18.1. The predicted octanol–water partition coefficient (Wildman–Crippen LogP) is 3.39. The van der Waals surface area contributed by atoms with Crippen LogP contribution in [0.25, 0.3) is 0 Å². The Balaban J connectivity index is 2.00. The highest BCUT2D eigenvalue weighted by molar-refractivity contribution is 5.41. The molecule has 18 heavy (non-hydrogen) atoms. The summed E-state index contributed by atoms with van der Waals surface area (Å²) in [5.74, 6) is 0. The van der Waals surface area contributed by atoms with Gasteiger partial charge in [-0.1, -0.05) is 32.1 Å². The van der Waals surface area contributed by atoms with Gasteiger partial charge in [0.15, 0.2) is 0 Å². The van der Waals surface area contributed by atoms with Crippen LogP contribution < -0.4 is 10.9 Å². The molecule has 0 saturated heterocycles. The van der Waals surface area contributed by atoms with Crippen molar-refractivity contribution in [1.82, 2.24) is 4.57 Å². The molecule has 3 nitrogen and oxygen atoms in total. The van der Waals surface area contributed by atoms with Crippen LogP contribution >= 0.6 is 0 Å². The lowest BCUT2D eigenvalue weighted by molar-refractivity contribution is 0.471. The molecule has 0 unspecified atom stereocenters. The molecule has 1 aromatic rings. The molecule has 1 aromatic heterocycles. The van der Waals surface area contributed by atoms with Crippen LogP contribution in [0.5, 0.6) is 0 Å². The molecular formula is C15H24N2O. The average molecular weight is 248 g/mol. The van der Waals surface area contributed by atoms with Gasteiger partial charge in [-0.3, -0.25) is 4.79 Å². The number of nitrogens with one attached hydrogen (secondary N) is 1. The second kappa shape index (κ2) is 6.62. The summed E-state index contributed by atoms with van der Waals surface area (Å²) in [5, 5.41) is 3.59. The molecular weight excluding hydrogens is 224 g/mol. The monoisotopic (exact) mass is 248 g/mol. The van der Waals surface area contributed by atoms with Crippen molar-refractivity contribution in [2.45, 2.75) is 64.5 Å². The Labute approximate surface area is 109 Å². The van der Waals surface area contributed by atoms with Gasteiger partial charge >= 0.3 is 0 Å². The van der Waals surface area contributed by atoms with Crippen molar-refractivity contribution >= 4 is 5.69 Å². The quantitative estimate of drug-likeness (QED) is 0.889. The fourth-order valence-electron chi connectivity index (χ4n) is 2.70. The maximum atomic E-state index is 11.5. The first kappa shape index (κ1) is 13.2. The number of aromatic nitrogens is 1. The van der Waals surface area contributed by atoms with Gasteiger partial charge in [0.05, 0.1) is 5.69 Å². The molecule has 0 spiro atoms. The van der Waals surface area contributed by atoms with E-state index in [1.54, 1.807) is 10.6 Å². The lowest BCUT2D eigenvalue weighted by Crippen LogP contribution is -2.23. The molecule has 100 valence electrons. The third-order valence-corrected chi connectivity index (χ3v) is 3.80. The number of hydrogen-bond donors (Lipinski definition) is 1. The van der Waals surface area contributed by atoms with Crippen molar-refractivity contribution in [3.63, 3.8) is 0 Å². The second-order valence-electron chi connectivity index (χ2n) is 5.23. The molecule has 1 fully saturated rings. The van der Waals surface area contributed by atoms with Crippen molar-refractivity contribution in [2.24, 2.45) is 0 Å². The molecule has 0 aromatic carbocycles. The first-order valence-electron chi connectivity index (χ1n) is 7.26. The third-order valence-electron chi connectivity index (χ3n) is 3.80. The SMILES string of the molecule is CCn1cc(NC2CCCCCCC2)ccc1=O. The van der Waals surface area contributed by atoms with E-state index in [0.29, 0.717) is 6.04 Å². The van der Waals surface area contributed by atoms with E-state index >= 15 is 0 Å². The van der Waals surface area contributed by atoms with Crippen LogP contribution in [0.4, 0.5) is 5.69 Å². The first-order valence-corrected chi connectivity index (χ1v) is 7.26. The van der Waals surface area contributed by atoms with E-state index in [1.807, 2.05) is 19.2 Å². The molecule has 0 atom stereocenters. The van der Waals surface area contributed by atoms with Crippen LogP contribution in [0, 0.1) is 0 Å². The summed E-state index contributed by atoms with van der Waals surface area (Å²) < 4.78 is 1.76. The highest BCUT2D eigenvalue weighted by Gasteiger charge is 2.11. The largest absolute Gasteiger partial charge is 0.381 e. The van der Waals surface area contributed by atoms with Crippen LogP contribution in [0.1, 0.15) is 51.9 Å². The van der Waals surface area contributed by atoms with Crippen molar-refractivity contribution in [3.8, 4) is 0 Å². The number of pyridine rings is 1. The van der Waals surface area contributed by atoms with Crippen LogP contribution in [0.15, 0.2) is 23.1 Å². The highest BCUT2D eigenvalue weighted by Crippen LogP contribution is 2.20. The smallest absolute Gasteiger partial charge is 0.250 e. The molecule has 1 aliphatic rings. The summed E-state index contributed by atoms with van der Waals surface area (Å²) in [4.78, 5) is 11.5. The standard InChI is InChI=1S/C15H24N2O/c1-2-17-12-14(10-11-15(17)18)16-13-8-6-4-3-5-7-9-13/h10-13,16H,2-9H2,1H3. The Bertz CT molecular complexity index is 417. The Morgan fingerprint density at radius 2 is 1.83 bits per heavy atom. The number of hydrogen-bond acceptors (Lipinski definition) is 2. The molecule has 1 aliphatic carbocycles. The lowest BCUT2D eigenvalue weighted by atomic mass is 9.96. The minimum atomic E-state index is 0.0840. The fourth-order valence-corrected chi connectivity index (χ4v) is 2.70. The Hall–Kier alpha value is -1.25. The van der Waals surface area contributed by atoms with E-state index < -0.39 is 0 Å². The summed E-state index contributed by atoms with van der Waals surface area (Å²) in [6, 6.07) is 4.15. The van der Waals surface area contributed by atoms with E-state index in [0.717, 1.165) is 12.2 Å². The van der Waals surface area contributed by atoms with Gasteiger partial charge < -0.3 is 9.88 Å². The van der Waals surface area contributed by atoms with E-state index in [9.17, 15) is 4.79 Å². The van der Waals surface area contributed by atoms with Crippen LogP contribution in [0.2, 0.25) is 0 Å². The van der Waals surface area contributed by atoms with E-state index in [4.69, 9.17) is 0 Å². The zero-order valence-corrected chi connectivity index (χ0v) is 11.3. The van der Waals surface area contributed by atoms with Gasteiger partial charge in [0, 0.05) is 24.8 Å². The average Bonchev–Trinajstić information content (AvgIpc) is 2.34. The maximum Gasteiger partial charge on any atom is 0.250 e. The van der Waals surface area contributed by atoms with E-state index in [-0.39, 0.29) is 5.56 Å². The van der Waals surface area contributed by atoms with Gasteiger partial charge in [0.25, 0.3) is 5.56 Å². The van der Waals surface area contributed by atoms with E-state index in [2.05, 4.69) is 5.32 Å². The predicted molar refractivity (Wildman–Crippen MR) is 76.1 cm³/mol. The Kier molecular flexibility index (Phi) is 4.85. The van der Waals surface area contributed by atoms with Crippen LogP contribution in [-0.4, -0.2) is 10.6 Å². The lowest BCUT2D eigenvalue weighted by Gasteiger charge is -2.22. The third kappa shape index (κ3) is 3.62. The minimum Gasteiger partial charge on any atom is -0.381 e. The van der Waals surface area contributed by atoms with Crippen molar-refractivity contribution < 1.29 is 0 Å². The summed E-state index contributed by atoms with van der Waals surface area (Å²) >= 11 is 0. The van der Waals surface area contributed by atoms with E-state index in [1.165, 1.54) is 44.9 Å². The first-order chi connectivity index (χ1) is 8.79. The van der Waals surface area contributed by atoms with Gasteiger partial charge in [0.2, 0.25) is 0 Å². The van der Waals surface area contributed by atoms with Gasteiger partial charge in [0.1, 0.15) is 0 Å². The number of anilines is 1. The zero-order valence-electron chi connectivity index (χ0n) is 11.3. The Morgan fingerprint density at radius 1 is 1.17 bits per heavy atom. The summed E-state index contributed by atoms with van der Waals surface area (Å²) in [6.45, 7) is 2.74. The summed E-state index contributed by atoms with van der Waals surface area (Å²) in [7, 11) is 0. The summed E-state index contributed by atoms with van der Waals surface area (Å²) in [5.41, 5.74) is 1.17. The minimum absolute atomic E-state index is 0.0840. The van der Waals surface area contributed by atoms with Gasteiger partial charge in [-0.2, -0.15) is 0 Å². The molecule has 2 rings (SSSR count). The zero-order chi connectivity index (χ0) is 12.8. The molecule has 0 bridgehead atoms. The number of rotatable bonds is 3. The number of nitrogens with zero attached hydrogens (tertiary/aromatic N) is 1. The van der Waals surface area contributed by atoms with Crippen LogP contribution in [-0.2, 0) is 6.54 Å². The van der Waals surface area contributed by atoms with Crippen LogP contribution in [0.3, 0.4) is 0 Å². The maximum absolute atomic E-state index is 11.5. The van der Waals surface area contributed by atoms with Crippen molar-refractivity contribution in [1.29, 1.82) is 0 Å². The highest BCUT2D eigenvalue weighted by atomic mass is 16.1. The number of aryl methyl sites for hydroxylation is 1. The fraction of sp³-hybridized carbons (Fsp3) is 0.667. The molecule has 0 radical (unpaired) electrons. The van der Waals surface area contributed by atoms with Crippen molar-refractivity contribution in [3.05, 3.63) is 28.7 Å². The summed E-state index contributed by atoms with van der Waals surface area (Å²) in [6.07, 6.45) is 11.2. The molecule has 1 N–H and O–H groups in total. The second-order valence-corrected chi connectivity index (χ2v) is 5.23. The molecule has 3 heteroatoms. The van der Waals surface area contributed by atoms with Gasteiger partial charge in [-0.05, 0) is 25.8 Å². The molecule has 0 amide bonds. The topological polar surface area (TPSA) is 34.0 Å². The Morgan fingerprint density at radius 3 is 2.50 bits per heavy atom. The van der Waals surface area contributed by atoms with Gasteiger partial charge in [-0.15, -0.1) is 0 Å².